The molecule has 4 nitrogen and oxygen atoms in total. The molecule has 0 aromatic heterocycles. The predicted molar refractivity (Wildman–Crippen MR) is 107 cm³/mol. The minimum absolute atomic E-state index is 0.00459. The Labute approximate surface area is 170 Å². The van der Waals surface area contributed by atoms with Crippen molar-refractivity contribution in [3.05, 3.63) is 0 Å². The highest BCUT2D eigenvalue weighted by Gasteiger charge is 2.64. The molecular weight excluding hydrogens is 352 g/mol. The maximum atomic E-state index is 12.4. The van der Waals surface area contributed by atoms with E-state index in [0.29, 0.717) is 11.8 Å². The van der Waals surface area contributed by atoms with Crippen molar-refractivity contribution in [1.82, 2.24) is 0 Å². The van der Waals surface area contributed by atoms with Gasteiger partial charge in [0.25, 0.3) is 0 Å². The summed E-state index contributed by atoms with van der Waals surface area (Å²) in [5.74, 6) is 0.793. The highest BCUT2D eigenvalue weighted by Crippen LogP contribution is 2.67. The van der Waals surface area contributed by atoms with E-state index >= 15 is 0 Å². The standard InChI is InChI=1S/C24H38O4/c1-21(2)15-9-11-23(21,5)17(13-15)27-19(25)7-8-20(26)28-18-14-16-10-12-24(18,6)22(16,3)4/h15-18H,7-14H2,1-6H3. The van der Waals surface area contributed by atoms with Crippen LogP contribution in [0.25, 0.3) is 0 Å². The summed E-state index contributed by atoms with van der Waals surface area (Å²) < 4.78 is 11.7. The van der Waals surface area contributed by atoms with Crippen molar-refractivity contribution in [2.45, 2.75) is 105 Å². The first-order chi connectivity index (χ1) is 12.9. The molecule has 4 bridgehead atoms. The second-order valence-electron chi connectivity index (χ2n) is 11.7. The summed E-state index contributed by atoms with van der Waals surface area (Å²) in [6.07, 6.45) is 6.92. The molecule has 0 spiro atoms. The molecule has 0 radical (unpaired) electrons. The first-order valence-electron chi connectivity index (χ1n) is 11.3. The van der Waals surface area contributed by atoms with Gasteiger partial charge in [-0.05, 0) is 61.2 Å². The molecule has 0 N–H and O–H groups in total. The summed E-state index contributed by atoms with van der Waals surface area (Å²) in [5.41, 5.74) is 0.579. The lowest BCUT2D eigenvalue weighted by Gasteiger charge is -2.38. The molecule has 6 unspecified atom stereocenters. The van der Waals surface area contributed by atoms with Gasteiger partial charge >= 0.3 is 11.9 Å². The molecule has 0 saturated heterocycles. The van der Waals surface area contributed by atoms with Gasteiger partial charge < -0.3 is 9.47 Å². The lowest BCUT2D eigenvalue weighted by Crippen LogP contribution is -2.39. The normalized spacial score (nSPS) is 44.6. The summed E-state index contributed by atoms with van der Waals surface area (Å²) >= 11 is 0. The Bertz CT molecular complexity index is 622. The third kappa shape index (κ3) is 2.61. The number of ether oxygens (including phenoxy) is 2. The maximum absolute atomic E-state index is 12.4. The van der Waals surface area contributed by atoms with Crippen LogP contribution in [0.1, 0.15) is 92.9 Å². The monoisotopic (exact) mass is 390 g/mol. The Kier molecular flexibility index (Phi) is 4.49. The van der Waals surface area contributed by atoms with Crippen molar-refractivity contribution in [3.8, 4) is 0 Å². The zero-order valence-electron chi connectivity index (χ0n) is 18.6. The molecule has 0 amide bonds. The lowest BCUT2D eigenvalue weighted by atomic mass is 9.70. The average Bonchev–Trinajstić information content (AvgIpc) is 3.12. The Morgan fingerprint density at radius 3 is 1.32 bits per heavy atom. The van der Waals surface area contributed by atoms with E-state index in [1.54, 1.807) is 0 Å². The Hall–Kier alpha value is -1.06. The molecule has 0 aliphatic heterocycles. The molecule has 4 rings (SSSR count). The van der Waals surface area contributed by atoms with Gasteiger partial charge in [0.05, 0.1) is 12.8 Å². The fraction of sp³-hybridized carbons (Fsp3) is 0.917. The Morgan fingerprint density at radius 1 is 0.714 bits per heavy atom. The molecule has 0 aromatic rings. The molecular formula is C24H38O4. The van der Waals surface area contributed by atoms with E-state index in [4.69, 9.17) is 9.47 Å². The largest absolute Gasteiger partial charge is 0.462 e. The second kappa shape index (κ2) is 6.22. The van der Waals surface area contributed by atoms with Crippen molar-refractivity contribution in [2.24, 2.45) is 33.5 Å². The molecule has 0 aromatic carbocycles. The van der Waals surface area contributed by atoms with Gasteiger partial charge in [-0.15, -0.1) is 0 Å². The molecule has 158 valence electrons. The summed E-state index contributed by atoms with van der Waals surface area (Å²) in [6.45, 7) is 13.8. The van der Waals surface area contributed by atoms with Crippen LogP contribution in [0.2, 0.25) is 0 Å². The van der Waals surface area contributed by atoms with Crippen LogP contribution in [0.5, 0.6) is 0 Å². The minimum atomic E-state index is -0.244. The average molecular weight is 391 g/mol. The molecule has 4 heteroatoms. The van der Waals surface area contributed by atoms with Crippen LogP contribution < -0.4 is 0 Å². The van der Waals surface area contributed by atoms with Gasteiger partial charge in [-0.25, -0.2) is 0 Å². The molecule has 28 heavy (non-hydrogen) atoms. The lowest BCUT2D eigenvalue weighted by molar-refractivity contribution is -0.163. The van der Waals surface area contributed by atoms with Gasteiger partial charge in [-0.2, -0.15) is 0 Å². The van der Waals surface area contributed by atoms with Crippen molar-refractivity contribution < 1.29 is 19.1 Å². The number of esters is 2. The third-order valence-electron chi connectivity index (χ3n) is 10.5. The first-order valence-corrected chi connectivity index (χ1v) is 11.3. The fourth-order valence-electron chi connectivity index (χ4n) is 7.26. The number of rotatable bonds is 5. The molecule has 4 aliphatic carbocycles. The van der Waals surface area contributed by atoms with Crippen molar-refractivity contribution in [1.29, 1.82) is 0 Å². The SMILES string of the molecule is CC1(C)C2CCC1(C)C(OC(=O)CCC(=O)OC1CC3CCC1(C)C3(C)C)C2. The second-order valence-corrected chi connectivity index (χ2v) is 11.7. The van der Waals surface area contributed by atoms with E-state index < -0.39 is 0 Å². The highest BCUT2D eigenvalue weighted by atomic mass is 16.6. The van der Waals surface area contributed by atoms with Crippen LogP contribution in [0.4, 0.5) is 0 Å². The predicted octanol–water partition coefficient (Wildman–Crippen LogP) is 5.28. The van der Waals surface area contributed by atoms with Gasteiger partial charge in [0.15, 0.2) is 0 Å². The maximum Gasteiger partial charge on any atom is 0.306 e. The third-order valence-corrected chi connectivity index (χ3v) is 10.5. The molecule has 4 fully saturated rings. The number of hydrogen-bond acceptors (Lipinski definition) is 4. The quantitative estimate of drug-likeness (QED) is 0.599. The van der Waals surface area contributed by atoms with Crippen LogP contribution in [0.3, 0.4) is 0 Å². The summed E-state index contributed by atoms with van der Waals surface area (Å²) in [6, 6.07) is 0. The van der Waals surface area contributed by atoms with Crippen LogP contribution >= 0.6 is 0 Å². The van der Waals surface area contributed by atoms with E-state index in [9.17, 15) is 9.59 Å². The Balaban J connectivity index is 1.27. The molecule has 6 atom stereocenters. The highest BCUT2D eigenvalue weighted by molar-refractivity contribution is 5.78. The van der Waals surface area contributed by atoms with Crippen LogP contribution in [0, 0.1) is 33.5 Å². The Morgan fingerprint density at radius 2 is 1.07 bits per heavy atom. The van der Waals surface area contributed by atoms with Gasteiger partial charge in [-0.1, -0.05) is 41.5 Å². The number of hydrogen-bond donors (Lipinski definition) is 0. The number of carbonyl (C=O) groups excluding carboxylic acids is 2. The van der Waals surface area contributed by atoms with Crippen LogP contribution in [-0.2, 0) is 19.1 Å². The minimum Gasteiger partial charge on any atom is -0.462 e. The van der Waals surface area contributed by atoms with E-state index in [0.717, 1.165) is 25.7 Å². The van der Waals surface area contributed by atoms with E-state index in [1.807, 2.05) is 0 Å². The van der Waals surface area contributed by atoms with Crippen molar-refractivity contribution in [2.75, 3.05) is 0 Å². The summed E-state index contributed by atoms with van der Waals surface area (Å²) in [7, 11) is 0. The van der Waals surface area contributed by atoms with Crippen molar-refractivity contribution in [3.63, 3.8) is 0 Å². The topological polar surface area (TPSA) is 52.6 Å². The van der Waals surface area contributed by atoms with Gasteiger partial charge in [0.1, 0.15) is 12.2 Å². The zero-order chi connectivity index (χ0) is 20.5. The van der Waals surface area contributed by atoms with E-state index in [2.05, 4.69) is 41.5 Å². The summed E-state index contributed by atoms with van der Waals surface area (Å²) in [4.78, 5) is 24.9. The van der Waals surface area contributed by atoms with E-state index in [1.165, 1.54) is 12.8 Å². The molecule has 0 heterocycles. The van der Waals surface area contributed by atoms with E-state index in [-0.39, 0.29) is 58.6 Å². The number of carbonyl (C=O) groups is 2. The zero-order valence-corrected chi connectivity index (χ0v) is 18.6. The first kappa shape index (κ1) is 20.2. The molecule has 4 aliphatic rings. The summed E-state index contributed by atoms with van der Waals surface area (Å²) in [5, 5.41) is 0. The van der Waals surface area contributed by atoms with Gasteiger partial charge in [0.2, 0.25) is 0 Å². The fourth-order valence-corrected chi connectivity index (χ4v) is 7.26. The van der Waals surface area contributed by atoms with Crippen LogP contribution in [0.15, 0.2) is 0 Å². The molecule has 4 saturated carbocycles. The smallest absolute Gasteiger partial charge is 0.306 e. The van der Waals surface area contributed by atoms with Crippen LogP contribution in [-0.4, -0.2) is 24.1 Å². The van der Waals surface area contributed by atoms with Gasteiger partial charge in [-0.3, -0.25) is 9.59 Å². The van der Waals surface area contributed by atoms with Crippen molar-refractivity contribution >= 4 is 11.9 Å². The van der Waals surface area contributed by atoms with Gasteiger partial charge in [0, 0.05) is 10.8 Å². The number of fused-ring (bicyclic) bond motifs is 4.